The summed E-state index contributed by atoms with van der Waals surface area (Å²) in [7, 11) is 0.957. The average molecular weight is 742 g/mol. The Bertz CT molecular complexity index is 1770. The summed E-state index contributed by atoms with van der Waals surface area (Å²) in [5, 5.41) is 48.1. The van der Waals surface area contributed by atoms with E-state index in [1.54, 1.807) is 65.0 Å². The van der Waals surface area contributed by atoms with Gasteiger partial charge in [-0.15, -0.1) is 0 Å². The lowest BCUT2D eigenvalue weighted by molar-refractivity contribution is -0.363. The Morgan fingerprint density at radius 1 is 1.08 bits per heavy atom. The van der Waals surface area contributed by atoms with Gasteiger partial charge < -0.3 is 44.7 Å². The number of benzene rings is 1. The Morgan fingerprint density at radius 3 is 2.30 bits per heavy atom. The number of hydrogen-bond acceptors (Lipinski definition) is 13. The largest absolute Gasteiger partial charge is 0.480 e. The van der Waals surface area contributed by atoms with E-state index in [2.05, 4.69) is 5.32 Å². The van der Waals surface area contributed by atoms with Gasteiger partial charge in [-0.25, -0.2) is 19.2 Å². The second kappa shape index (κ2) is 14.0. The minimum atomic E-state index is -3.01. The molecule has 1 aromatic carbocycles. The minimum Gasteiger partial charge on any atom is -0.480 e. The lowest BCUT2D eigenvalue weighted by Gasteiger charge is -2.73. The molecule has 1 aromatic rings. The maximum atomic E-state index is 14.0. The third kappa shape index (κ3) is 6.02. The third-order valence-corrected chi connectivity index (χ3v) is 12.3. The van der Waals surface area contributed by atoms with Crippen molar-refractivity contribution in [3.8, 4) is 0 Å². The van der Waals surface area contributed by atoms with Gasteiger partial charge >= 0.3 is 23.9 Å². The molecule has 3 aliphatic carbocycles. The molecule has 1 aliphatic heterocycles. The lowest BCUT2D eigenvalue weighted by Crippen LogP contribution is -2.86. The number of aliphatic carboxylic acids is 1. The van der Waals surface area contributed by atoms with Crippen molar-refractivity contribution in [2.24, 2.45) is 28.1 Å². The van der Waals surface area contributed by atoms with E-state index >= 15 is 0 Å². The van der Waals surface area contributed by atoms with Crippen LogP contribution in [0, 0.1) is 28.1 Å². The van der Waals surface area contributed by atoms with Crippen LogP contribution in [-0.4, -0.2) is 106 Å². The summed E-state index contributed by atoms with van der Waals surface area (Å²) in [6, 6.07) is 7.43. The molecule has 2 saturated carbocycles. The van der Waals surface area contributed by atoms with Crippen LogP contribution in [0.5, 0.6) is 0 Å². The average Bonchev–Trinajstić information content (AvgIpc) is 3.08. The monoisotopic (exact) mass is 741 g/mol. The normalized spacial score (nSPS) is 36.5. The molecule has 288 valence electrons. The number of methoxy groups -OCH3 is 1. The molecule has 4 aliphatic rings. The first-order chi connectivity index (χ1) is 24.7. The summed E-state index contributed by atoms with van der Waals surface area (Å²) < 4.78 is 22.3. The van der Waals surface area contributed by atoms with Crippen molar-refractivity contribution in [2.45, 2.75) is 96.9 Å². The van der Waals surface area contributed by atoms with Crippen LogP contribution in [0.1, 0.15) is 59.9 Å². The van der Waals surface area contributed by atoms with E-state index in [1.165, 1.54) is 6.92 Å². The number of rotatable bonds is 10. The van der Waals surface area contributed by atoms with Crippen LogP contribution in [0.2, 0.25) is 0 Å². The Morgan fingerprint density at radius 2 is 1.72 bits per heavy atom. The number of carbonyl (C=O) groups excluding carboxylic acids is 5. The van der Waals surface area contributed by atoms with Crippen LogP contribution in [0.15, 0.2) is 53.3 Å². The molecule has 1 saturated heterocycles. The fraction of sp³-hybridized carbons (Fsp3) is 0.579. The number of carbonyl (C=O) groups is 6. The summed E-state index contributed by atoms with van der Waals surface area (Å²) in [5.74, 6) is -8.10. The molecular formula is C38H47NO14. The first-order valence-electron chi connectivity index (χ1n) is 17.4. The SMILES string of the molecule is COC(=O)C1(O)[C@@H](O)[C@H](O)C2[C@@]3(C)[C@@H](C[C@H]4C(C)=C(OCC(=O)NC(Cc5ccccc5)C(=O)O)C(=O)C[C@]24C)OC(=O)[C@H](OC(=O)C=C(C)C)[C@@]13C. The fourth-order valence-corrected chi connectivity index (χ4v) is 9.84. The molecule has 53 heavy (non-hydrogen) atoms. The number of ether oxygens (including phenoxy) is 4. The smallest absolute Gasteiger partial charge is 0.348 e. The predicted molar refractivity (Wildman–Crippen MR) is 182 cm³/mol. The number of aliphatic hydroxyl groups is 3. The van der Waals surface area contributed by atoms with Crippen LogP contribution >= 0.6 is 0 Å². The van der Waals surface area contributed by atoms with E-state index in [0.29, 0.717) is 16.7 Å². The topological polar surface area (TPSA) is 232 Å². The van der Waals surface area contributed by atoms with Crippen LogP contribution in [0.4, 0.5) is 0 Å². The first-order valence-corrected chi connectivity index (χ1v) is 17.4. The number of hydrogen-bond donors (Lipinski definition) is 5. The molecule has 15 heteroatoms. The number of carboxylic acids is 1. The summed E-state index contributed by atoms with van der Waals surface area (Å²) in [6.07, 6.45) is -6.54. The highest BCUT2D eigenvalue weighted by Gasteiger charge is 2.85. The lowest BCUT2D eigenvalue weighted by atomic mass is 9.33. The Kier molecular flexibility index (Phi) is 10.5. The van der Waals surface area contributed by atoms with Gasteiger partial charge in [0.05, 0.1) is 18.6 Å². The summed E-state index contributed by atoms with van der Waals surface area (Å²) in [6.45, 7) is 8.71. The molecule has 3 fully saturated rings. The van der Waals surface area contributed by atoms with Gasteiger partial charge in [0.1, 0.15) is 18.2 Å². The molecule has 15 nitrogen and oxygen atoms in total. The highest BCUT2D eigenvalue weighted by atomic mass is 16.6. The van der Waals surface area contributed by atoms with Crippen molar-refractivity contribution >= 4 is 35.6 Å². The molecule has 5 rings (SSSR count). The van der Waals surface area contributed by atoms with Crippen LogP contribution < -0.4 is 5.32 Å². The summed E-state index contributed by atoms with van der Waals surface area (Å²) >= 11 is 0. The number of fused-ring (bicyclic) bond motifs is 2. The second-order valence-corrected chi connectivity index (χ2v) is 15.5. The molecule has 5 N–H and O–H groups in total. The van der Waals surface area contributed by atoms with Crippen molar-refractivity contribution in [3.63, 3.8) is 0 Å². The number of carboxylic acid groups (broad SMARTS) is 1. The van der Waals surface area contributed by atoms with Crippen LogP contribution in [0.25, 0.3) is 0 Å². The van der Waals surface area contributed by atoms with Crippen molar-refractivity contribution in [2.75, 3.05) is 13.7 Å². The number of aliphatic hydroxyl groups excluding tert-OH is 2. The van der Waals surface area contributed by atoms with E-state index < -0.39 is 106 Å². The Balaban J connectivity index is 1.52. The third-order valence-electron chi connectivity index (χ3n) is 12.3. The number of esters is 3. The van der Waals surface area contributed by atoms with Crippen molar-refractivity contribution in [1.82, 2.24) is 5.32 Å². The fourth-order valence-electron chi connectivity index (χ4n) is 9.84. The van der Waals surface area contributed by atoms with Gasteiger partial charge in [0.2, 0.25) is 11.7 Å². The van der Waals surface area contributed by atoms with E-state index in [-0.39, 0.29) is 25.0 Å². The number of nitrogens with one attached hydrogen (secondary N) is 1. The Hall–Kier alpha value is -4.60. The van der Waals surface area contributed by atoms with Crippen molar-refractivity contribution in [1.29, 1.82) is 0 Å². The zero-order chi connectivity index (χ0) is 39.4. The molecule has 11 atom stereocenters. The van der Waals surface area contributed by atoms with Gasteiger partial charge in [-0.05, 0) is 49.7 Å². The zero-order valence-corrected chi connectivity index (χ0v) is 30.7. The number of amides is 1. The molecule has 3 unspecified atom stereocenters. The van der Waals surface area contributed by atoms with Crippen molar-refractivity contribution in [3.05, 3.63) is 58.9 Å². The van der Waals surface area contributed by atoms with Gasteiger partial charge in [-0.1, -0.05) is 56.7 Å². The number of Topliss-reactive ketones (excluding diaryl/α,β-unsaturated/α-hetero) is 1. The second-order valence-electron chi connectivity index (χ2n) is 15.5. The Labute approximate surface area is 306 Å². The van der Waals surface area contributed by atoms with E-state index in [0.717, 1.165) is 13.2 Å². The minimum absolute atomic E-state index is 0.0104. The van der Waals surface area contributed by atoms with E-state index in [4.69, 9.17) is 18.9 Å². The quantitative estimate of drug-likeness (QED) is 0.129. The van der Waals surface area contributed by atoms with Gasteiger partial charge in [-0.3, -0.25) is 9.59 Å². The number of allylic oxidation sites excluding steroid dienone is 3. The molecular weight excluding hydrogens is 694 g/mol. The summed E-state index contributed by atoms with van der Waals surface area (Å²) in [4.78, 5) is 79.2. The van der Waals surface area contributed by atoms with Gasteiger partial charge in [0.15, 0.2) is 18.1 Å². The van der Waals surface area contributed by atoms with Gasteiger partial charge in [-0.2, -0.15) is 0 Å². The molecule has 0 bridgehead atoms. The van der Waals surface area contributed by atoms with Gasteiger partial charge in [0.25, 0.3) is 5.91 Å². The molecule has 0 spiro atoms. The molecule has 1 heterocycles. The zero-order valence-electron chi connectivity index (χ0n) is 30.7. The maximum absolute atomic E-state index is 14.0. The molecule has 0 aromatic heterocycles. The maximum Gasteiger partial charge on any atom is 0.348 e. The highest BCUT2D eigenvalue weighted by Crippen LogP contribution is 2.73. The highest BCUT2D eigenvalue weighted by molar-refractivity contribution is 5.97. The number of ketones is 1. The first kappa shape index (κ1) is 39.6. The van der Waals surface area contributed by atoms with Crippen LogP contribution in [-0.2, 0) is 54.1 Å². The van der Waals surface area contributed by atoms with E-state index in [9.17, 15) is 49.2 Å². The predicted octanol–water partition coefficient (Wildman–Crippen LogP) is 1.16. The van der Waals surface area contributed by atoms with E-state index in [1.807, 2.05) is 0 Å². The van der Waals surface area contributed by atoms with Crippen LogP contribution in [0.3, 0.4) is 0 Å². The van der Waals surface area contributed by atoms with Gasteiger partial charge in [0, 0.05) is 30.3 Å². The summed E-state index contributed by atoms with van der Waals surface area (Å²) in [5.41, 5.74) is -6.54. The van der Waals surface area contributed by atoms with Crippen molar-refractivity contribution < 1.29 is 68.1 Å². The standard InChI is InChI=1S/C38H47NO14/c1-18(2)13-26(42)53-31-33(47)52-24-15-21-19(3)28(51-17-25(41)39-22(32(45)46)14-20-11-9-8-10-12-20)23(40)16-35(21,4)29-27(43)30(44)38(49,34(48)50-7)37(31,6)36(24,29)5/h8-13,21-22,24,27,29-31,43-44,49H,14-17H2,1-7H3,(H,39,41)(H,45,46)/t21-,22?,24+,27+,29?,30-,31-,35-,36+,37+,38?/m0/s1. The molecule has 0 radical (unpaired) electrons. The molecule has 1 amide bonds.